The fourth-order valence-electron chi connectivity index (χ4n) is 0.996. The number of ether oxygens (including phenoxy) is 1. The van der Waals surface area contributed by atoms with Crippen molar-refractivity contribution in [3.63, 3.8) is 0 Å². The summed E-state index contributed by atoms with van der Waals surface area (Å²) in [7, 11) is 0.140. The maximum Gasteiger partial charge on any atom is 0.309 e. The Morgan fingerprint density at radius 3 is 2.19 bits per heavy atom. The van der Waals surface area contributed by atoms with Gasteiger partial charge in [0.05, 0.1) is 13.0 Å². The van der Waals surface area contributed by atoms with Crippen LogP contribution < -0.4 is 0 Å². The Kier molecular flexibility index (Phi) is 5.85. The standard InChI is InChI=1S/C6H8O3.C4H10N2Si/c1-9-6(8)4-2-5(7)3-4;1-7(2,3)4-6-5/h4H,2-3H2,1H3;4H,1-3H3. The van der Waals surface area contributed by atoms with Crippen LogP contribution in [0.3, 0.4) is 0 Å². The van der Waals surface area contributed by atoms with Crippen LogP contribution in [0.25, 0.3) is 5.53 Å². The molecule has 0 radical (unpaired) electrons. The Morgan fingerprint density at radius 2 is 2.00 bits per heavy atom. The van der Waals surface area contributed by atoms with Gasteiger partial charge in [0.2, 0.25) is 5.84 Å². The number of esters is 1. The lowest BCUT2D eigenvalue weighted by Gasteiger charge is -2.20. The Bertz CT molecular complexity index is 309. The van der Waals surface area contributed by atoms with Crippen LogP contribution in [-0.2, 0) is 14.3 Å². The lowest BCUT2D eigenvalue weighted by Crippen LogP contribution is -2.31. The Hall–Kier alpha value is -1.26. The van der Waals surface area contributed by atoms with Gasteiger partial charge >= 0.3 is 5.97 Å². The molecule has 1 fully saturated rings. The Labute approximate surface area is 96.4 Å². The average molecular weight is 242 g/mol. The molecule has 90 valence electrons. The van der Waals surface area contributed by atoms with Crippen LogP contribution in [0.1, 0.15) is 12.8 Å². The van der Waals surface area contributed by atoms with Crippen molar-refractivity contribution in [2.75, 3.05) is 7.11 Å². The molecule has 6 heteroatoms. The van der Waals surface area contributed by atoms with Gasteiger partial charge in [0, 0.05) is 12.8 Å². The van der Waals surface area contributed by atoms with E-state index in [2.05, 4.69) is 29.2 Å². The predicted molar refractivity (Wildman–Crippen MR) is 62.8 cm³/mol. The van der Waals surface area contributed by atoms with Gasteiger partial charge < -0.3 is 10.3 Å². The summed E-state index contributed by atoms with van der Waals surface area (Å²) < 4.78 is 4.41. The lowest BCUT2D eigenvalue weighted by atomic mass is 9.84. The van der Waals surface area contributed by atoms with Crippen molar-refractivity contribution in [1.82, 2.24) is 0 Å². The first-order valence-corrected chi connectivity index (χ1v) is 8.66. The first-order valence-electron chi connectivity index (χ1n) is 5.08. The smallest absolute Gasteiger partial charge is 0.309 e. The first kappa shape index (κ1) is 14.7. The lowest BCUT2D eigenvalue weighted by molar-refractivity contribution is -0.152. The molecule has 1 aliphatic rings. The summed E-state index contributed by atoms with van der Waals surface area (Å²) in [5.74, 6) is 1.40. The second-order valence-electron chi connectivity index (χ2n) is 4.78. The van der Waals surface area contributed by atoms with Crippen molar-refractivity contribution in [2.45, 2.75) is 32.5 Å². The zero-order chi connectivity index (χ0) is 12.8. The van der Waals surface area contributed by atoms with E-state index in [0.29, 0.717) is 12.8 Å². The number of Topliss-reactive ketones (excluding diaryl/α,β-unsaturated/α-hetero) is 1. The molecule has 0 atom stereocenters. The van der Waals surface area contributed by atoms with Gasteiger partial charge in [-0.1, -0.05) is 19.6 Å². The molecule has 0 bridgehead atoms. The van der Waals surface area contributed by atoms with Crippen LogP contribution in [0.4, 0.5) is 0 Å². The van der Waals surface area contributed by atoms with Crippen molar-refractivity contribution in [3.8, 4) is 0 Å². The molecule has 16 heavy (non-hydrogen) atoms. The number of carbonyl (C=O) groups excluding carboxylic acids is 2. The van der Waals surface area contributed by atoms with E-state index in [4.69, 9.17) is 5.53 Å². The number of rotatable bonds is 2. The van der Waals surface area contributed by atoms with E-state index in [9.17, 15) is 9.59 Å². The quantitative estimate of drug-likeness (QED) is 0.241. The van der Waals surface area contributed by atoms with Gasteiger partial charge in [-0.05, 0) is 0 Å². The van der Waals surface area contributed by atoms with E-state index in [0.717, 1.165) is 0 Å². The Morgan fingerprint density at radius 1 is 1.50 bits per heavy atom. The second-order valence-corrected chi connectivity index (χ2v) is 9.77. The molecule has 0 aromatic heterocycles. The molecule has 0 aliphatic heterocycles. The van der Waals surface area contributed by atoms with E-state index in [1.807, 2.05) is 0 Å². The van der Waals surface area contributed by atoms with Gasteiger partial charge in [0.1, 0.15) is 5.78 Å². The fourth-order valence-corrected chi connectivity index (χ4v) is 1.34. The van der Waals surface area contributed by atoms with Gasteiger partial charge in [-0.3, -0.25) is 9.59 Å². The molecule has 0 aromatic carbocycles. The molecule has 0 aromatic rings. The molecule has 1 rings (SSSR count). The minimum Gasteiger partial charge on any atom is -0.469 e. The van der Waals surface area contributed by atoms with Crippen molar-refractivity contribution >= 4 is 25.7 Å². The molecule has 0 spiro atoms. The summed E-state index contributed by atoms with van der Waals surface area (Å²) in [5, 5.41) is 0. The van der Waals surface area contributed by atoms with Crippen LogP contribution in [-0.4, -0.2) is 37.6 Å². The Balaban J connectivity index is 0.000000293. The minimum atomic E-state index is -1.20. The number of carbonyl (C=O) groups is 2. The molecule has 0 unspecified atom stereocenters. The minimum absolute atomic E-state index is 0.137. The van der Waals surface area contributed by atoms with E-state index in [-0.39, 0.29) is 17.7 Å². The van der Waals surface area contributed by atoms with Gasteiger partial charge in [0.15, 0.2) is 8.07 Å². The molecule has 1 saturated carbocycles. The molecule has 0 amide bonds. The van der Waals surface area contributed by atoms with Crippen LogP contribution in [0.2, 0.25) is 19.6 Å². The third-order valence-corrected chi connectivity index (χ3v) is 2.82. The first-order chi connectivity index (χ1) is 7.30. The number of methoxy groups -OCH3 is 1. The van der Waals surface area contributed by atoms with Crippen molar-refractivity contribution < 1.29 is 19.1 Å². The maximum absolute atomic E-state index is 10.6. The van der Waals surface area contributed by atoms with Crippen molar-refractivity contribution in [3.05, 3.63) is 5.53 Å². The van der Waals surface area contributed by atoms with Gasteiger partial charge in [-0.2, -0.15) is 4.79 Å². The van der Waals surface area contributed by atoms with Gasteiger partial charge in [-0.25, -0.2) is 0 Å². The zero-order valence-electron chi connectivity index (χ0n) is 10.2. The largest absolute Gasteiger partial charge is 0.469 e. The monoisotopic (exact) mass is 242 g/mol. The number of hydrogen-bond acceptors (Lipinski definition) is 3. The summed E-state index contributed by atoms with van der Waals surface area (Å²) in [4.78, 5) is 23.8. The highest BCUT2D eigenvalue weighted by Gasteiger charge is 2.33. The van der Waals surface area contributed by atoms with Crippen LogP contribution in [0.15, 0.2) is 0 Å². The van der Waals surface area contributed by atoms with Crippen molar-refractivity contribution in [1.29, 1.82) is 0 Å². The highest BCUT2D eigenvalue weighted by molar-refractivity contribution is 6.98. The molecule has 1 aliphatic carbocycles. The van der Waals surface area contributed by atoms with Crippen LogP contribution >= 0.6 is 0 Å². The third-order valence-electron chi connectivity index (χ3n) is 1.93. The number of nitrogens with zero attached hydrogens (tertiary/aromatic N) is 2. The predicted octanol–water partition coefficient (Wildman–Crippen LogP) is 1.30. The number of hydrogen-bond donors (Lipinski definition) is 0. The van der Waals surface area contributed by atoms with E-state index >= 15 is 0 Å². The maximum atomic E-state index is 10.6. The summed E-state index contributed by atoms with van der Waals surface area (Å²) in [6, 6.07) is 0. The zero-order valence-corrected chi connectivity index (χ0v) is 11.2. The van der Waals surface area contributed by atoms with Crippen LogP contribution in [0.5, 0.6) is 0 Å². The van der Waals surface area contributed by atoms with E-state index in [1.54, 1.807) is 5.84 Å². The normalized spacial score (nSPS) is 15.1. The fraction of sp³-hybridized carbons (Fsp3) is 0.700. The molecular weight excluding hydrogens is 224 g/mol. The number of ketones is 1. The molecular formula is C10H18N2O3Si. The van der Waals surface area contributed by atoms with Crippen molar-refractivity contribution in [2.24, 2.45) is 5.92 Å². The summed E-state index contributed by atoms with van der Waals surface area (Å²) in [6.07, 6.45) is 0.763. The molecule has 0 saturated heterocycles. The summed E-state index contributed by atoms with van der Waals surface area (Å²) in [6.45, 7) is 6.31. The van der Waals surface area contributed by atoms with Gasteiger partial charge in [0.25, 0.3) is 0 Å². The molecule has 0 heterocycles. The molecule has 0 N–H and O–H groups in total. The van der Waals surface area contributed by atoms with E-state index < -0.39 is 8.07 Å². The third kappa shape index (κ3) is 6.26. The van der Waals surface area contributed by atoms with Crippen LogP contribution in [0, 0.1) is 5.92 Å². The SMILES string of the molecule is COC(=O)C1CC(=O)C1.C[Si](C)(C)C=[N+]=[N-]. The second kappa shape index (κ2) is 6.35. The average Bonchev–Trinajstić information content (AvgIpc) is 2.11. The topological polar surface area (TPSA) is 79.8 Å². The summed E-state index contributed by atoms with van der Waals surface area (Å²) in [5.41, 5.74) is 8.01. The highest BCUT2D eigenvalue weighted by atomic mass is 28.3. The highest BCUT2D eigenvalue weighted by Crippen LogP contribution is 2.23. The summed E-state index contributed by atoms with van der Waals surface area (Å²) >= 11 is 0. The molecule has 5 nitrogen and oxygen atoms in total. The van der Waals surface area contributed by atoms with E-state index in [1.165, 1.54) is 7.11 Å². The van der Waals surface area contributed by atoms with Gasteiger partial charge in [-0.15, -0.1) is 0 Å².